The van der Waals surface area contributed by atoms with Crippen LogP contribution in [0.25, 0.3) is 0 Å². The second-order valence-electron chi connectivity index (χ2n) is 6.01. The average Bonchev–Trinajstić information content (AvgIpc) is 2.64. The highest BCUT2D eigenvalue weighted by Crippen LogP contribution is 2.30. The number of ether oxygens (including phenoxy) is 1. The van der Waals surface area contributed by atoms with Crippen LogP contribution in [0.5, 0.6) is 0 Å². The molecule has 1 aliphatic rings. The van der Waals surface area contributed by atoms with E-state index in [1.165, 1.54) is 36.2 Å². The molecule has 2 atom stereocenters. The van der Waals surface area contributed by atoms with Crippen molar-refractivity contribution in [2.45, 2.75) is 18.7 Å². The van der Waals surface area contributed by atoms with Crippen LogP contribution in [0.15, 0.2) is 48.5 Å². The Hall–Kier alpha value is -2.80. The van der Waals surface area contributed by atoms with Gasteiger partial charge in [-0.25, -0.2) is 8.78 Å². The van der Waals surface area contributed by atoms with E-state index in [1.807, 2.05) is 0 Å². The quantitative estimate of drug-likeness (QED) is 0.909. The average molecular weight is 360 g/mol. The molecule has 136 valence electrons. The number of morpholine rings is 1. The third-order valence-electron chi connectivity index (χ3n) is 4.38. The Bertz CT molecular complexity index is 828. The summed E-state index contributed by atoms with van der Waals surface area (Å²) in [6.07, 6.45) is -1.10. The van der Waals surface area contributed by atoms with E-state index in [0.717, 1.165) is 0 Å². The highest BCUT2D eigenvalue weighted by Gasteiger charge is 2.41. The lowest BCUT2D eigenvalue weighted by atomic mass is 9.97. The van der Waals surface area contributed by atoms with Crippen LogP contribution >= 0.6 is 0 Å². The lowest BCUT2D eigenvalue weighted by molar-refractivity contribution is -0.162. The third kappa shape index (κ3) is 3.57. The van der Waals surface area contributed by atoms with Crippen molar-refractivity contribution in [3.05, 3.63) is 71.3 Å². The van der Waals surface area contributed by atoms with Gasteiger partial charge in [0.25, 0.3) is 5.91 Å². The van der Waals surface area contributed by atoms with Crippen molar-refractivity contribution in [2.24, 2.45) is 0 Å². The molecule has 1 aliphatic heterocycles. The van der Waals surface area contributed by atoms with Crippen molar-refractivity contribution in [1.29, 1.82) is 0 Å². The zero-order valence-corrected chi connectivity index (χ0v) is 14.1. The summed E-state index contributed by atoms with van der Waals surface area (Å²) in [5.74, 6) is -1.86. The molecule has 2 aromatic carbocycles. The monoisotopic (exact) mass is 360 g/mol. The highest BCUT2D eigenvalue weighted by molar-refractivity contribution is 5.86. The zero-order valence-electron chi connectivity index (χ0n) is 14.1. The Kier molecular flexibility index (Phi) is 5.27. The second kappa shape index (κ2) is 7.61. The first-order valence-electron chi connectivity index (χ1n) is 8.12. The molecule has 26 heavy (non-hydrogen) atoms. The smallest absolute Gasteiger partial charge is 0.251 e. The van der Waals surface area contributed by atoms with Crippen LogP contribution in [0.4, 0.5) is 8.78 Å². The fourth-order valence-electron chi connectivity index (χ4n) is 2.94. The minimum Gasteiger partial charge on any atom is -0.356 e. The summed E-state index contributed by atoms with van der Waals surface area (Å²) in [5, 5.41) is 2.60. The summed E-state index contributed by atoms with van der Waals surface area (Å²) < 4.78 is 33.3. The number of halogens is 2. The number of hydrogen-bond donors (Lipinski definition) is 1. The number of nitrogens with one attached hydrogen (secondary N) is 1. The summed E-state index contributed by atoms with van der Waals surface area (Å²) in [7, 11) is 1.50. The third-order valence-corrected chi connectivity index (χ3v) is 4.38. The molecular weight excluding hydrogens is 342 g/mol. The van der Waals surface area contributed by atoms with Crippen LogP contribution in [0.2, 0.25) is 0 Å². The predicted octanol–water partition coefficient (Wildman–Crippen LogP) is 2.18. The molecule has 0 aliphatic carbocycles. The number of rotatable bonds is 4. The number of likely N-dealkylation sites (N-methyl/N-ethyl adjacent to an activating group) is 1. The molecule has 2 aromatic rings. The molecule has 0 spiro atoms. The molecule has 7 heteroatoms. The van der Waals surface area contributed by atoms with Gasteiger partial charge in [0, 0.05) is 24.7 Å². The maximum atomic E-state index is 14.2. The van der Waals surface area contributed by atoms with Crippen LogP contribution < -0.4 is 5.32 Å². The molecule has 0 bridgehead atoms. The molecule has 2 amide bonds. The lowest BCUT2D eigenvalue weighted by Gasteiger charge is -2.38. The van der Waals surface area contributed by atoms with Crippen molar-refractivity contribution in [3.63, 3.8) is 0 Å². The lowest BCUT2D eigenvalue weighted by Crippen LogP contribution is -2.53. The summed E-state index contributed by atoms with van der Waals surface area (Å²) in [6, 6.07) is 11.1. The maximum absolute atomic E-state index is 14.2. The summed E-state index contributed by atoms with van der Waals surface area (Å²) in [4.78, 5) is 25.9. The maximum Gasteiger partial charge on any atom is 0.251 e. The topological polar surface area (TPSA) is 58.6 Å². The number of benzene rings is 2. The van der Waals surface area contributed by atoms with Crippen molar-refractivity contribution in [2.75, 3.05) is 13.7 Å². The second-order valence-corrected chi connectivity index (χ2v) is 6.01. The molecule has 0 unspecified atom stereocenters. The minimum absolute atomic E-state index is 0.0347. The number of carbonyl (C=O) groups excluding carboxylic acids is 2. The standard InChI is InChI=1S/C19H18F2N2O3/c1-23-16(24)11-26-18(17(23)13-7-3-5-9-15(13)21)19(25)22-10-12-6-2-4-8-14(12)20/h2-9,17-18H,10-11H2,1H3,(H,22,25)/t17-,18+/m1/s1. The van der Waals surface area contributed by atoms with E-state index in [1.54, 1.807) is 24.3 Å². The van der Waals surface area contributed by atoms with Gasteiger partial charge in [0.2, 0.25) is 5.91 Å². The van der Waals surface area contributed by atoms with Gasteiger partial charge in [-0.15, -0.1) is 0 Å². The number of amides is 2. The molecule has 1 fully saturated rings. The van der Waals surface area contributed by atoms with E-state index < -0.39 is 29.7 Å². The van der Waals surface area contributed by atoms with E-state index in [2.05, 4.69) is 5.32 Å². The Morgan fingerprint density at radius 1 is 1.15 bits per heavy atom. The first kappa shape index (κ1) is 18.0. The van der Waals surface area contributed by atoms with Crippen LogP contribution in [-0.2, 0) is 20.9 Å². The van der Waals surface area contributed by atoms with Crippen molar-refractivity contribution in [3.8, 4) is 0 Å². The SMILES string of the molecule is CN1C(=O)CO[C@H](C(=O)NCc2ccccc2F)[C@H]1c1ccccc1F. The fraction of sp³-hybridized carbons (Fsp3) is 0.263. The number of hydrogen-bond acceptors (Lipinski definition) is 3. The van der Waals surface area contributed by atoms with E-state index in [4.69, 9.17) is 4.74 Å². The van der Waals surface area contributed by atoms with Crippen LogP contribution in [-0.4, -0.2) is 36.5 Å². The molecule has 0 saturated carbocycles. The summed E-state index contributed by atoms with van der Waals surface area (Å²) >= 11 is 0. The van der Waals surface area contributed by atoms with Crippen LogP contribution in [0, 0.1) is 11.6 Å². The molecule has 5 nitrogen and oxygen atoms in total. The van der Waals surface area contributed by atoms with E-state index >= 15 is 0 Å². The van der Waals surface area contributed by atoms with Gasteiger partial charge in [-0.2, -0.15) is 0 Å². The van der Waals surface area contributed by atoms with E-state index in [9.17, 15) is 18.4 Å². The minimum atomic E-state index is -1.10. The van der Waals surface area contributed by atoms with Crippen molar-refractivity contribution < 1.29 is 23.1 Å². The van der Waals surface area contributed by atoms with Gasteiger partial charge in [0.05, 0.1) is 6.04 Å². The Morgan fingerprint density at radius 2 is 1.81 bits per heavy atom. The summed E-state index contributed by atoms with van der Waals surface area (Å²) in [5.41, 5.74) is 0.512. The van der Waals surface area contributed by atoms with Crippen LogP contribution in [0.3, 0.4) is 0 Å². The van der Waals surface area contributed by atoms with Crippen molar-refractivity contribution in [1.82, 2.24) is 10.2 Å². The molecule has 1 heterocycles. The largest absolute Gasteiger partial charge is 0.356 e. The molecule has 1 N–H and O–H groups in total. The van der Waals surface area contributed by atoms with Gasteiger partial charge in [-0.3, -0.25) is 9.59 Å². The molecular formula is C19H18F2N2O3. The number of nitrogens with zero attached hydrogens (tertiary/aromatic N) is 1. The fourth-order valence-corrected chi connectivity index (χ4v) is 2.94. The molecule has 3 rings (SSSR count). The molecule has 1 saturated heterocycles. The van der Waals surface area contributed by atoms with Gasteiger partial charge >= 0.3 is 0 Å². The van der Waals surface area contributed by atoms with Gasteiger partial charge in [-0.05, 0) is 12.1 Å². The van der Waals surface area contributed by atoms with Gasteiger partial charge in [0.15, 0.2) is 6.10 Å². The first-order valence-corrected chi connectivity index (χ1v) is 8.12. The predicted molar refractivity (Wildman–Crippen MR) is 89.9 cm³/mol. The van der Waals surface area contributed by atoms with Crippen molar-refractivity contribution >= 4 is 11.8 Å². The van der Waals surface area contributed by atoms with Crippen LogP contribution in [0.1, 0.15) is 17.2 Å². The molecule has 0 aromatic heterocycles. The zero-order chi connectivity index (χ0) is 18.7. The molecule has 0 radical (unpaired) electrons. The van der Waals surface area contributed by atoms with Gasteiger partial charge in [-0.1, -0.05) is 36.4 Å². The first-order chi connectivity index (χ1) is 12.5. The van der Waals surface area contributed by atoms with E-state index in [-0.39, 0.29) is 24.6 Å². The van der Waals surface area contributed by atoms with Gasteiger partial charge in [0.1, 0.15) is 18.2 Å². The highest BCUT2D eigenvalue weighted by atomic mass is 19.1. The number of carbonyl (C=O) groups is 2. The Balaban J connectivity index is 1.81. The Labute approximate surface area is 149 Å². The Morgan fingerprint density at radius 3 is 2.50 bits per heavy atom. The van der Waals surface area contributed by atoms with Gasteiger partial charge < -0.3 is 15.0 Å². The summed E-state index contributed by atoms with van der Waals surface area (Å²) in [6.45, 7) is -0.313. The van der Waals surface area contributed by atoms with E-state index in [0.29, 0.717) is 5.56 Å². The normalized spacial score (nSPS) is 20.1.